The van der Waals surface area contributed by atoms with Crippen LogP contribution >= 0.6 is 0 Å². The zero-order valence-corrected chi connectivity index (χ0v) is 9.76. The molecule has 0 bridgehead atoms. The van der Waals surface area contributed by atoms with Gasteiger partial charge in [-0.05, 0) is 11.1 Å². The van der Waals surface area contributed by atoms with Gasteiger partial charge in [0, 0.05) is 6.54 Å². The van der Waals surface area contributed by atoms with Gasteiger partial charge in [0.15, 0.2) is 5.78 Å². The SMILES string of the molecule is O=C(O)Cc1ccccc1CN1CC(=O)CC1=O. The fourth-order valence-corrected chi connectivity index (χ4v) is 2.03. The fourth-order valence-electron chi connectivity index (χ4n) is 2.03. The van der Waals surface area contributed by atoms with E-state index in [4.69, 9.17) is 5.11 Å². The molecule has 0 spiro atoms. The smallest absolute Gasteiger partial charge is 0.307 e. The lowest BCUT2D eigenvalue weighted by molar-refractivity contribution is -0.136. The molecule has 2 rings (SSSR count). The minimum Gasteiger partial charge on any atom is -0.481 e. The standard InChI is InChI=1S/C13H13NO4/c15-11-6-12(16)14(8-11)7-10-4-2-1-3-9(10)5-13(17)18/h1-4H,5-8H2,(H,17,18). The summed E-state index contributed by atoms with van der Waals surface area (Å²) in [6.07, 6.45) is -0.118. The summed E-state index contributed by atoms with van der Waals surface area (Å²) in [5.74, 6) is -1.19. The Morgan fingerprint density at radius 2 is 1.89 bits per heavy atom. The Labute approximate surface area is 104 Å². The minimum atomic E-state index is -0.911. The molecule has 0 atom stereocenters. The molecule has 0 saturated carbocycles. The third kappa shape index (κ3) is 2.74. The Kier molecular flexibility index (Phi) is 3.41. The number of aliphatic carboxylic acids is 1. The molecular weight excluding hydrogens is 234 g/mol. The number of ketones is 1. The number of hydrogen-bond acceptors (Lipinski definition) is 3. The Hall–Kier alpha value is -2.17. The molecule has 1 saturated heterocycles. The summed E-state index contributed by atoms with van der Waals surface area (Å²) in [5, 5.41) is 8.81. The lowest BCUT2D eigenvalue weighted by Gasteiger charge is -2.16. The van der Waals surface area contributed by atoms with Crippen molar-refractivity contribution in [3.8, 4) is 0 Å². The van der Waals surface area contributed by atoms with E-state index in [2.05, 4.69) is 0 Å². The number of carboxylic acids is 1. The van der Waals surface area contributed by atoms with E-state index in [-0.39, 0.29) is 31.1 Å². The van der Waals surface area contributed by atoms with E-state index in [1.54, 1.807) is 24.3 Å². The average molecular weight is 247 g/mol. The Morgan fingerprint density at radius 3 is 2.44 bits per heavy atom. The molecule has 1 aliphatic rings. The van der Waals surface area contributed by atoms with Gasteiger partial charge in [0.05, 0.1) is 19.4 Å². The topological polar surface area (TPSA) is 74.7 Å². The molecule has 1 amide bonds. The molecule has 1 heterocycles. The summed E-state index contributed by atoms with van der Waals surface area (Å²) < 4.78 is 0. The lowest BCUT2D eigenvalue weighted by atomic mass is 10.0. The van der Waals surface area contributed by atoms with Crippen LogP contribution in [0.15, 0.2) is 24.3 Å². The molecule has 94 valence electrons. The quantitative estimate of drug-likeness (QED) is 0.791. The molecule has 1 aliphatic heterocycles. The maximum absolute atomic E-state index is 11.5. The van der Waals surface area contributed by atoms with Gasteiger partial charge in [-0.25, -0.2) is 0 Å². The first-order chi connectivity index (χ1) is 8.56. The van der Waals surface area contributed by atoms with Gasteiger partial charge in [-0.2, -0.15) is 0 Å². The van der Waals surface area contributed by atoms with Gasteiger partial charge < -0.3 is 10.0 Å². The molecule has 0 aromatic heterocycles. The predicted molar refractivity (Wildman–Crippen MR) is 62.8 cm³/mol. The van der Waals surface area contributed by atoms with Crippen molar-refractivity contribution in [1.82, 2.24) is 4.90 Å². The van der Waals surface area contributed by atoms with Gasteiger partial charge in [-0.1, -0.05) is 24.3 Å². The molecule has 18 heavy (non-hydrogen) atoms. The number of carbonyl (C=O) groups is 3. The summed E-state index contributed by atoms with van der Waals surface area (Å²) >= 11 is 0. The molecule has 1 aromatic rings. The number of rotatable bonds is 4. The van der Waals surface area contributed by atoms with Crippen LogP contribution in [0.1, 0.15) is 17.5 Å². The highest BCUT2D eigenvalue weighted by Crippen LogP contribution is 2.16. The van der Waals surface area contributed by atoms with Crippen molar-refractivity contribution < 1.29 is 19.5 Å². The number of Topliss-reactive ketones (excluding diaryl/α,β-unsaturated/α-hetero) is 1. The van der Waals surface area contributed by atoms with Crippen molar-refractivity contribution in [1.29, 1.82) is 0 Å². The van der Waals surface area contributed by atoms with E-state index >= 15 is 0 Å². The van der Waals surface area contributed by atoms with Crippen LogP contribution in [-0.4, -0.2) is 34.2 Å². The number of carboxylic acid groups (broad SMARTS) is 1. The van der Waals surface area contributed by atoms with Gasteiger partial charge >= 0.3 is 5.97 Å². The number of hydrogen-bond donors (Lipinski definition) is 1. The van der Waals surface area contributed by atoms with Crippen LogP contribution in [0.2, 0.25) is 0 Å². The zero-order chi connectivity index (χ0) is 13.1. The molecule has 1 N–H and O–H groups in total. The van der Waals surface area contributed by atoms with Crippen molar-refractivity contribution in [3.63, 3.8) is 0 Å². The Morgan fingerprint density at radius 1 is 1.22 bits per heavy atom. The van der Waals surface area contributed by atoms with Gasteiger partial charge in [-0.3, -0.25) is 14.4 Å². The van der Waals surface area contributed by atoms with Crippen LogP contribution in [0.25, 0.3) is 0 Å². The lowest BCUT2D eigenvalue weighted by Crippen LogP contribution is -2.25. The van der Waals surface area contributed by atoms with E-state index in [1.165, 1.54) is 4.90 Å². The Bertz CT molecular complexity index is 509. The molecule has 1 aromatic carbocycles. The highest BCUT2D eigenvalue weighted by molar-refractivity contribution is 6.05. The van der Waals surface area contributed by atoms with Crippen LogP contribution in [0.3, 0.4) is 0 Å². The van der Waals surface area contributed by atoms with Crippen LogP contribution in [0, 0.1) is 0 Å². The normalized spacial score (nSPS) is 15.2. The van der Waals surface area contributed by atoms with Gasteiger partial charge in [0.25, 0.3) is 0 Å². The van der Waals surface area contributed by atoms with Crippen molar-refractivity contribution in [2.45, 2.75) is 19.4 Å². The molecule has 0 unspecified atom stereocenters. The zero-order valence-electron chi connectivity index (χ0n) is 9.76. The first-order valence-electron chi connectivity index (χ1n) is 5.64. The van der Waals surface area contributed by atoms with Crippen molar-refractivity contribution in [2.24, 2.45) is 0 Å². The number of likely N-dealkylation sites (tertiary alicyclic amines) is 1. The predicted octanol–water partition coefficient (Wildman–Crippen LogP) is 0.615. The third-order valence-corrected chi connectivity index (χ3v) is 2.89. The second-order valence-corrected chi connectivity index (χ2v) is 4.30. The molecule has 0 radical (unpaired) electrons. The van der Waals surface area contributed by atoms with Gasteiger partial charge in [0.2, 0.25) is 5.91 Å². The third-order valence-electron chi connectivity index (χ3n) is 2.89. The maximum Gasteiger partial charge on any atom is 0.307 e. The van der Waals surface area contributed by atoms with E-state index in [9.17, 15) is 14.4 Å². The molecule has 1 fully saturated rings. The molecule has 0 aliphatic carbocycles. The average Bonchev–Trinajstić information content (AvgIpc) is 2.59. The summed E-state index contributed by atoms with van der Waals surface area (Å²) in [7, 11) is 0. The van der Waals surface area contributed by atoms with E-state index in [0.29, 0.717) is 12.1 Å². The van der Waals surface area contributed by atoms with Crippen molar-refractivity contribution in [2.75, 3.05) is 6.54 Å². The number of benzene rings is 1. The fraction of sp³-hybridized carbons (Fsp3) is 0.308. The number of nitrogens with zero attached hydrogens (tertiary/aromatic N) is 1. The van der Waals surface area contributed by atoms with E-state index in [1.807, 2.05) is 0 Å². The largest absolute Gasteiger partial charge is 0.481 e. The summed E-state index contributed by atoms with van der Waals surface area (Å²) in [5.41, 5.74) is 1.46. The highest BCUT2D eigenvalue weighted by Gasteiger charge is 2.27. The Balaban J connectivity index is 2.16. The van der Waals surface area contributed by atoms with Crippen molar-refractivity contribution in [3.05, 3.63) is 35.4 Å². The summed E-state index contributed by atoms with van der Waals surface area (Å²) in [6.45, 7) is 0.425. The van der Waals surface area contributed by atoms with Crippen molar-refractivity contribution >= 4 is 17.7 Å². The second kappa shape index (κ2) is 5.00. The van der Waals surface area contributed by atoms with Crippen LogP contribution in [0.4, 0.5) is 0 Å². The van der Waals surface area contributed by atoms with Crippen LogP contribution < -0.4 is 0 Å². The van der Waals surface area contributed by atoms with Gasteiger partial charge in [-0.15, -0.1) is 0 Å². The highest BCUT2D eigenvalue weighted by atomic mass is 16.4. The monoisotopic (exact) mass is 247 g/mol. The first-order valence-corrected chi connectivity index (χ1v) is 5.64. The van der Waals surface area contributed by atoms with E-state index in [0.717, 1.165) is 5.56 Å². The summed E-state index contributed by atoms with van der Waals surface area (Å²) in [6, 6.07) is 7.07. The second-order valence-electron chi connectivity index (χ2n) is 4.30. The number of amides is 1. The summed E-state index contributed by atoms with van der Waals surface area (Å²) in [4.78, 5) is 34.9. The maximum atomic E-state index is 11.5. The van der Waals surface area contributed by atoms with Crippen LogP contribution in [0.5, 0.6) is 0 Å². The number of carbonyl (C=O) groups excluding carboxylic acids is 2. The molecule has 5 nitrogen and oxygen atoms in total. The van der Waals surface area contributed by atoms with E-state index < -0.39 is 5.97 Å². The minimum absolute atomic E-state index is 0.0406. The van der Waals surface area contributed by atoms with Crippen LogP contribution in [-0.2, 0) is 27.3 Å². The van der Waals surface area contributed by atoms with Gasteiger partial charge in [0.1, 0.15) is 0 Å². The molecular formula is C13H13NO4. The molecule has 5 heteroatoms. The first kappa shape index (κ1) is 12.3.